The summed E-state index contributed by atoms with van der Waals surface area (Å²) in [5.41, 5.74) is 3.48. The third kappa shape index (κ3) is 3.63. The fourth-order valence-electron chi connectivity index (χ4n) is 2.90. The van der Waals surface area contributed by atoms with Crippen molar-refractivity contribution in [2.75, 3.05) is 11.1 Å². The van der Waals surface area contributed by atoms with Gasteiger partial charge in [-0.2, -0.15) is 0 Å². The Kier molecular flexibility index (Phi) is 5.01. The number of nitrogens with zero attached hydrogens (tertiary/aromatic N) is 3. The summed E-state index contributed by atoms with van der Waals surface area (Å²) in [6, 6.07) is 17.6. The molecule has 1 amide bonds. The van der Waals surface area contributed by atoms with Crippen LogP contribution in [0, 0.1) is 6.92 Å². The maximum atomic E-state index is 12.3. The number of carbonyl (C=O) groups excluding carboxylic acids is 1. The highest BCUT2D eigenvalue weighted by molar-refractivity contribution is 7.99. The number of amides is 1. The quantitative estimate of drug-likeness (QED) is 0.484. The number of thioether (sulfide) groups is 1. The first-order valence-electron chi connectivity index (χ1n) is 8.54. The summed E-state index contributed by atoms with van der Waals surface area (Å²) in [4.78, 5) is 12.3. The predicted molar refractivity (Wildman–Crippen MR) is 111 cm³/mol. The molecule has 5 nitrogen and oxygen atoms in total. The maximum Gasteiger partial charge on any atom is 0.225 e. The molecule has 0 radical (unpaired) electrons. The van der Waals surface area contributed by atoms with Gasteiger partial charge in [0.15, 0.2) is 10.8 Å². The normalized spacial score (nSPS) is 11.2. The van der Waals surface area contributed by atoms with Crippen molar-refractivity contribution in [3.05, 3.63) is 65.2 Å². The molecule has 27 heavy (non-hydrogen) atoms. The van der Waals surface area contributed by atoms with Crippen molar-refractivity contribution >= 4 is 51.5 Å². The summed E-state index contributed by atoms with van der Waals surface area (Å²) in [7, 11) is 0. The molecule has 0 fully saturated rings. The molecular formula is C20H17ClN4OS. The second-order valence-corrected chi connectivity index (χ2v) is 7.60. The molecule has 136 valence electrons. The lowest BCUT2D eigenvalue weighted by Gasteiger charge is -2.09. The van der Waals surface area contributed by atoms with Crippen LogP contribution in [0.1, 0.15) is 12.0 Å². The molecule has 0 aliphatic carbocycles. The average Bonchev–Trinajstić information content (AvgIpc) is 3.09. The molecule has 0 aliphatic rings. The van der Waals surface area contributed by atoms with Gasteiger partial charge in [-0.05, 0) is 48.2 Å². The minimum Gasteiger partial charge on any atom is -0.326 e. The number of hydrogen-bond donors (Lipinski definition) is 1. The Hall–Kier alpha value is -2.57. The van der Waals surface area contributed by atoms with Crippen LogP contribution in [-0.2, 0) is 4.79 Å². The Morgan fingerprint density at radius 2 is 1.96 bits per heavy atom. The van der Waals surface area contributed by atoms with Crippen LogP contribution < -0.4 is 5.32 Å². The Bertz CT molecular complexity index is 1140. The van der Waals surface area contributed by atoms with Crippen LogP contribution in [0.15, 0.2) is 59.8 Å². The molecule has 2 heterocycles. The summed E-state index contributed by atoms with van der Waals surface area (Å²) >= 11 is 7.62. The molecule has 0 saturated heterocycles. The Morgan fingerprint density at radius 3 is 2.85 bits per heavy atom. The smallest absolute Gasteiger partial charge is 0.225 e. The van der Waals surface area contributed by atoms with Crippen LogP contribution >= 0.6 is 23.4 Å². The monoisotopic (exact) mass is 396 g/mol. The molecule has 2 aromatic heterocycles. The predicted octanol–water partition coefficient (Wildman–Crippen LogP) is 4.97. The van der Waals surface area contributed by atoms with Gasteiger partial charge in [0.25, 0.3) is 0 Å². The van der Waals surface area contributed by atoms with Crippen molar-refractivity contribution < 1.29 is 4.79 Å². The van der Waals surface area contributed by atoms with E-state index in [4.69, 9.17) is 11.6 Å². The minimum absolute atomic E-state index is 0.0495. The zero-order chi connectivity index (χ0) is 18.8. The maximum absolute atomic E-state index is 12.3. The summed E-state index contributed by atoms with van der Waals surface area (Å²) < 4.78 is 2.03. The second kappa shape index (κ2) is 7.58. The molecule has 1 N–H and O–H groups in total. The van der Waals surface area contributed by atoms with E-state index >= 15 is 0 Å². The highest BCUT2D eigenvalue weighted by Crippen LogP contribution is 2.25. The first-order valence-corrected chi connectivity index (χ1v) is 9.90. The standard InChI is InChI=1S/C20H17ClN4OS/c1-13-15(21)6-4-7-16(13)22-19(26)11-12-27-20-24-23-18-10-9-14-5-2-3-8-17(14)25(18)20/h2-10H,11-12H2,1H3,(H,22,26). The summed E-state index contributed by atoms with van der Waals surface area (Å²) in [5, 5.41) is 14.0. The number of benzene rings is 2. The lowest BCUT2D eigenvalue weighted by atomic mass is 10.2. The van der Waals surface area contributed by atoms with Crippen molar-refractivity contribution in [3.8, 4) is 0 Å². The van der Waals surface area contributed by atoms with Gasteiger partial charge in [-0.3, -0.25) is 9.20 Å². The van der Waals surface area contributed by atoms with Crippen molar-refractivity contribution in [1.29, 1.82) is 0 Å². The van der Waals surface area contributed by atoms with Gasteiger partial charge in [-0.25, -0.2) is 0 Å². The van der Waals surface area contributed by atoms with E-state index in [-0.39, 0.29) is 5.91 Å². The number of nitrogens with one attached hydrogen (secondary N) is 1. The number of halogens is 1. The van der Waals surface area contributed by atoms with Gasteiger partial charge >= 0.3 is 0 Å². The Balaban J connectivity index is 1.45. The Labute approximate surface area is 165 Å². The molecule has 4 rings (SSSR count). The number of aromatic nitrogens is 3. The molecule has 0 saturated carbocycles. The first-order chi connectivity index (χ1) is 13.1. The van der Waals surface area contributed by atoms with Crippen LogP contribution in [0.2, 0.25) is 5.02 Å². The SMILES string of the molecule is Cc1c(Cl)cccc1NC(=O)CCSc1nnc2ccc3ccccc3n12. The van der Waals surface area contributed by atoms with E-state index in [1.807, 2.05) is 59.9 Å². The highest BCUT2D eigenvalue weighted by Gasteiger charge is 2.11. The van der Waals surface area contributed by atoms with Gasteiger partial charge in [-0.15, -0.1) is 10.2 Å². The fourth-order valence-corrected chi connectivity index (χ4v) is 3.96. The van der Waals surface area contributed by atoms with E-state index in [2.05, 4.69) is 21.6 Å². The third-order valence-electron chi connectivity index (χ3n) is 4.35. The minimum atomic E-state index is -0.0495. The number of rotatable bonds is 5. The number of pyridine rings is 1. The van der Waals surface area contributed by atoms with E-state index in [1.54, 1.807) is 0 Å². The zero-order valence-corrected chi connectivity index (χ0v) is 16.2. The molecule has 0 atom stereocenters. The number of anilines is 1. The van der Waals surface area contributed by atoms with Crippen LogP contribution in [0.5, 0.6) is 0 Å². The van der Waals surface area contributed by atoms with Gasteiger partial charge in [0.1, 0.15) is 0 Å². The first kappa shape index (κ1) is 17.8. The van der Waals surface area contributed by atoms with Gasteiger partial charge in [-0.1, -0.05) is 47.6 Å². The molecule has 0 unspecified atom stereocenters. The van der Waals surface area contributed by atoms with E-state index in [0.29, 0.717) is 17.2 Å². The Morgan fingerprint density at radius 1 is 1.11 bits per heavy atom. The van der Waals surface area contributed by atoms with Gasteiger partial charge < -0.3 is 5.32 Å². The summed E-state index contributed by atoms with van der Waals surface area (Å²) in [6.07, 6.45) is 0.371. The van der Waals surface area contributed by atoms with Crippen LogP contribution in [0.25, 0.3) is 16.6 Å². The lowest BCUT2D eigenvalue weighted by Crippen LogP contribution is -2.13. The zero-order valence-electron chi connectivity index (χ0n) is 14.6. The third-order valence-corrected chi connectivity index (χ3v) is 5.69. The second-order valence-electron chi connectivity index (χ2n) is 6.13. The number of fused-ring (bicyclic) bond motifs is 3. The molecule has 0 aliphatic heterocycles. The van der Waals surface area contributed by atoms with E-state index in [0.717, 1.165) is 33.0 Å². The van der Waals surface area contributed by atoms with Crippen LogP contribution in [-0.4, -0.2) is 26.3 Å². The van der Waals surface area contributed by atoms with Crippen molar-refractivity contribution in [3.63, 3.8) is 0 Å². The van der Waals surface area contributed by atoms with Crippen molar-refractivity contribution in [2.24, 2.45) is 0 Å². The molecule has 0 spiro atoms. The van der Waals surface area contributed by atoms with E-state index < -0.39 is 0 Å². The molecular weight excluding hydrogens is 380 g/mol. The van der Waals surface area contributed by atoms with E-state index in [1.165, 1.54) is 11.8 Å². The highest BCUT2D eigenvalue weighted by atomic mass is 35.5. The topological polar surface area (TPSA) is 59.3 Å². The number of carbonyl (C=O) groups is 1. The van der Waals surface area contributed by atoms with E-state index in [9.17, 15) is 4.79 Å². The van der Waals surface area contributed by atoms with Crippen molar-refractivity contribution in [1.82, 2.24) is 14.6 Å². The summed E-state index contributed by atoms with van der Waals surface area (Å²) in [6.45, 7) is 1.89. The molecule has 4 aromatic rings. The number of para-hydroxylation sites is 1. The fraction of sp³-hybridized carbons (Fsp3) is 0.150. The average molecular weight is 397 g/mol. The van der Waals surface area contributed by atoms with Crippen LogP contribution in [0.3, 0.4) is 0 Å². The number of hydrogen-bond acceptors (Lipinski definition) is 4. The van der Waals surface area contributed by atoms with Crippen molar-refractivity contribution in [2.45, 2.75) is 18.5 Å². The molecule has 7 heteroatoms. The molecule has 2 aromatic carbocycles. The lowest BCUT2D eigenvalue weighted by molar-refractivity contribution is -0.115. The molecule has 0 bridgehead atoms. The van der Waals surface area contributed by atoms with Gasteiger partial charge in [0.05, 0.1) is 5.52 Å². The van der Waals surface area contributed by atoms with Gasteiger partial charge in [0.2, 0.25) is 5.91 Å². The van der Waals surface area contributed by atoms with Gasteiger partial charge in [0, 0.05) is 22.9 Å². The van der Waals surface area contributed by atoms with Crippen LogP contribution in [0.4, 0.5) is 5.69 Å². The largest absolute Gasteiger partial charge is 0.326 e. The summed E-state index contributed by atoms with van der Waals surface area (Å²) in [5.74, 6) is 0.557.